The molecule has 18 atom stereocenters. The second kappa shape index (κ2) is 41.0. The summed E-state index contributed by atoms with van der Waals surface area (Å²) in [6.07, 6.45) is 53.3. The van der Waals surface area contributed by atoms with Crippen LogP contribution in [0.3, 0.4) is 0 Å². The fourth-order valence-corrected chi connectivity index (χ4v) is 24.6. The van der Waals surface area contributed by atoms with Crippen LogP contribution in [0.2, 0.25) is 0 Å². The fourth-order valence-electron chi connectivity index (χ4n) is 24.6. The Morgan fingerprint density at radius 3 is 1.04 bits per heavy atom. The summed E-state index contributed by atoms with van der Waals surface area (Å²) in [7, 11) is 0. The first-order valence-electron chi connectivity index (χ1n) is 43.6. The van der Waals surface area contributed by atoms with Gasteiger partial charge in [0.2, 0.25) is 0 Å². The van der Waals surface area contributed by atoms with Crippen LogP contribution in [-0.4, -0.2) is 126 Å². The van der Waals surface area contributed by atoms with Gasteiger partial charge in [-0.3, -0.25) is 19.4 Å². The summed E-state index contributed by atoms with van der Waals surface area (Å²) in [5.74, 6) is 12.3. The average molecular weight is 1370 g/mol. The van der Waals surface area contributed by atoms with Gasteiger partial charge in [-0.1, -0.05) is 185 Å². The predicted molar refractivity (Wildman–Crippen MR) is 405 cm³/mol. The highest BCUT2D eigenvalue weighted by Gasteiger charge is 2.63. The van der Waals surface area contributed by atoms with Crippen molar-refractivity contribution in [3.63, 3.8) is 0 Å². The van der Waals surface area contributed by atoms with Gasteiger partial charge in [0, 0.05) is 39.0 Å². The van der Waals surface area contributed by atoms with Crippen LogP contribution in [0.1, 0.15) is 339 Å². The number of hydrogen-bond donors (Lipinski definition) is 0. The van der Waals surface area contributed by atoms with Gasteiger partial charge in [0.1, 0.15) is 12.2 Å². The smallest absolute Gasteiger partial charge is 0.306 e. The normalized spacial score (nSPS) is 36.2. The van der Waals surface area contributed by atoms with E-state index in [-0.39, 0.29) is 24.1 Å². The SMILES string of the molecule is CC(C)CCC[C@@H](C)[C@H]1CC[C@H]2[C@@H]3CCC4CC(OC(=O)CCCCCCCCCCN5CCOCCOCCN(CCCCCCCCCCC(=O)OC6CC[C@@]7(C)C(CC[C@H]8[C@@H]9CC[C@H]([C@H](C)CCCC(C)C)[C@@]9(C)CC[C@@H]87)C6)CCOCCOCC5)CC[C@]4(C)[C@H]3CC[C@]12C. The van der Waals surface area contributed by atoms with E-state index >= 15 is 0 Å². The summed E-state index contributed by atoms with van der Waals surface area (Å²) in [5.41, 5.74) is 1.99. The highest BCUT2D eigenvalue weighted by molar-refractivity contribution is 5.69. The molecule has 9 fully saturated rings. The molecule has 8 saturated carbocycles. The molecule has 10 nitrogen and oxygen atoms in total. The lowest BCUT2D eigenvalue weighted by molar-refractivity contribution is -0.163. The summed E-state index contributed by atoms with van der Waals surface area (Å²) in [6.45, 7) is 36.9. The predicted octanol–water partition coefficient (Wildman–Crippen LogP) is 21.8. The maximum atomic E-state index is 13.2. The van der Waals surface area contributed by atoms with Gasteiger partial charge in [-0.05, 0) is 259 Å². The van der Waals surface area contributed by atoms with Crippen LogP contribution in [0.4, 0.5) is 0 Å². The van der Waals surface area contributed by atoms with E-state index in [4.69, 9.17) is 28.4 Å². The molecule has 9 aliphatic rings. The Hall–Kier alpha value is -1.30. The Morgan fingerprint density at radius 2 is 0.684 bits per heavy atom. The zero-order chi connectivity index (χ0) is 69.4. The topological polar surface area (TPSA) is 96.0 Å². The van der Waals surface area contributed by atoms with Crippen molar-refractivity contribution in [2.75, 3.05) is 92.1 Å². The van der Waals surface area contributed by atoms with E-state index < -0.39 is 0 Å². The minimum Gasteiger partial charge on any atom is -0.462 e. The summed E-state index contributed by atoms with van der Waals surface area (Å²) < 4.78 is 36.9. The van der Waals surface area contributed by atoms with Gasteiger partial charge in [-0.25, -0.2) is 0 Å². The number of esters is 2. The first kappa shape index (κ1) is 80.8. The summed E-state index contributed by atoms with van der Waals surface area (Å²) >= 11 is 0. The van der Waals surface area contributed by atoms with E-state index in [9.17, 15) is 9.59 Å². The Kier molecular flexibility index (Phi) is 33.8. The molecule has 4 unspecified atom stereocenters. The number of fused-ring (bicyclic) bond motifs is 10. The Morgan fingerprint density at radius 1 is 0.357 bits per heavy atom. The molecular weight excluding hydrogens is 1210 g/mol. The van der Waals surface area contributed by atoms with Gasteiger partial charge < -0.3 is 28.4 Å². The van der Waals surface area contributed by atoms with E-state index in [1.54, 1.807) is 0 Å². The van der Waals surface area contributed by atoms with Gasteiger partial charge in [0.15, 0.2) is 0 Å². The van der Waals surface area contributed by atoms with Gasteiger partial charge in [0.05, 0.1) is 52.9 Å². The third-order valence-corrected chi connectivity index (χ3v) is 30.4. The van der Waals surface area contributed by atoms with Crippen LogP contribution < -0.4 is 0 Å². The number of hydrogen-bond acceptors (Lipinski definition) is 10. The van der Waals surface area contributed by atoms with E-state index in [1.807, 2.05) is 0 Å². The quantitative estimate of drug-likeness (QED) is 0.0458. The molecule has 0 N–H and O–H groups in total. The molecule has 0 aromatic rings. The number of carbonyl (C=O) groups excluding carboxylic acids is 2. The molecule has 10 heteroatoms. The molecule has 0 aromatic carbocycles. The standard InChI is InChI=1S/C88H158N2O8/c1-67(2)29-27-31-69(5)77-39-41-79-75-37-35-71-65-73(43-47-85(71,7)81(75)45-49-87(77,79)9)97-83(91)33-23-19-15-11-13-17-21-25-51-89-53-57-93-61-63-95-59-55-90(56-60-96-64-62-94-58-54-89)52-26-22-18-14-12-16-20-24-34-84(92)98-74-44-48-86(8)72(66-74)36-38-76-80-42-40-78(70(6)32-28-30-68(3)4)88(80,10)50-46-82(76)86/h67-82H,11-66H2,1-10H3/t69-,70-,71?,72?,73?,74?,75+,76+,77-,78-,79+,80+,81+,82+,85+,86+,87-,88-/m1/s1. The highest BCUT2D eigenvalue weighted by Crippen LogP contribution is 2.70. The number of ether oxygens (including phenoxy) is 6. The van der Waals surface area contributed by atoms with E-state index in [2.05, 4.69) is 79.0 Å². The van der Waals surface area contributed by atoms with Crippen molar-refractivity contribution in [3.8, 4) is 0 Å². The molecule has 0 bridgehead atoms. The molecule has 1 aliphatic heterocycles. The number of rotatable bonds is 34. The zero-order valence-corrected chi connectivity index (χ0v) is 66.0. The summed E-state index contributed by atoms with van der Waals surface area (Å²) in [4.78, 5) is 31.4. The molecule has 0 aromatic heterocycles. The van der Waals surface area contributed by atoms with Crippen molar-refractivity contribution in [1.29, 1.82) is 0 Å². The third-order valence-electron chi connectivity index (χ3n) is 30.4. The third kappa shape index (κ3) is 22.9. The van der Waals surface area contributed by atoms with Crippen LogP contribution in [0.15, 0.2) is 0 Å². The minimum absolute atomic E-state index is 0.0644. The van der Waals surface area contributed by atoms with Crippen molar-refractivity contribution in [2.45, 2.75) is 351 Å². The first-order valence-corrected chi connectivity index (χ1v) is 43.6. The largest absolute Gasteiger partial charge is 0.462 e. The van der Waals surface area contributed by atoms with Crippen molar-refractivity contribution in [1.82, 2.24) is 9.80 Å². The van der Waals surface area contributed by atoms with Crippen molar-refractivity contribution in [2.24, 2.45) is 105 Å². The molecule has 1 heterocycles. The van der Waals surface area contributed by atoms with Gasteiger partial charge in [-0.15, -0.1) is 0 Å². The molecule has 0 spiro atoms. The van der Waals surface area contributed by atoms with E-state index in [1.165, 1.54) is 205 Å². The second-order valence-electron chi connectivity index (χ2n) is 37.4. The van der Waals surface area contributed by atoms with Crippen molar-refractivity contribution in [3.05, 3.63) is 0 Å². The van der Waals surface area contributed by atoms with Gasteiger partial charge >= 0.3 is 11.9 Å². The summed E-state index contributed by atoms with van der Waals surface area (Å²) in [6, 6.07) is 0. The Balaban J connectivity index is 0.536. The van der Waals surface area contributed by atoms with Crippen molar-refractivity contribution < 1.29 is 38.0 Å². The van der Waals surface area contributed by atoms with E-state index in [0.29, 0.717) is 60.9 Å². The Labute approximate surface area is 604 Å². The monoisotopic (exact) mass is 1370 g/mol. The lowest BCUT2D eigenvalue weighted by Crippen LogP contribution is -2.54. The number of unbranched alkanes of at least 4 members (excludes halogenated alkanes) is 14. The van der Waals surface area contributed by atoms with E-state index in [0.717, 1.165) is 200 Å². The molecule has 1 saturated heterocycles. The first-order chi connectivity index (χ1) is 47.4. The average Bonchev–Trinajstić information content (AvgIpc) is 1.35. The second-order valence-corrected chi connectivity index (χ2v) is 37.4. The molecule has 8 aliphatic carbocycles. The molecule has 0 amide bonds. The van der Waals surface area contributed by atoms with Crippen LogP contribution in [0, 0.1) is 105 Å². The van der Waals surface area contributed by atoms with Crippen LogP contribution in [0.5, 0.6) is 0 Å². The molecule has 98 heavy (non-hydrogen) atoms. The lowest BCUT2D eigenvalue weighted by Gasteiger charge is -2.61. The maximum absolute atomic E-state index is 13.2. The molecular formula is C88H158N2O8. The van der Waals surface area contributed by atoms with Gasteiger partial charge in [0.25, 0.3) is 0 Å². The molecule has 9 rings (SSSR count). The van der Waals surface area contributed by atoms with Crippen LogP contribution in [-0.2, 0) is 38.0 Å². The lowest BCUT2D eigenvalue weighted by atomic mass is 9.44. The molecule has 0 radical (unpaired) electrons. The fraction of sp³-hybridized carbons (Fsp3) is 0.977. The Bertz CT molecular complexity index is 2070. The van der Waals surface area contributed by atoms with Crippen LogP contribution in [0.25, 0.3) is 0 Å². The number of nitrogens with zero attached hydrogens (tertiary/aromatic N) is 2. The number of carbonyl (C=O) groups is 2. The maximum Gasteiger partial charge on any atom is 0.306 e. The van der Waals surface area contributed by atoms with Crippen LogP contribution >= 0.6 is 0 Å². The highest BCUT2D eigenvalue weighted by atomic mass is 16.6. The zero-order valence-electron chi connectivity index (χ0n) is 66.0. The summed E-state index contributed by atoms with van der Waals surface area (Å²) in [5, 5.41) is 0. The molecule has 568 valence electrons. The minimum atomic E-state index is 0.0644. The van der Waals surface area contributed by atoms with Crippen molar-refractivity contribution >= 4 is 11.9 Å². The van der Waals surface area contributed by atoms with Gasteiger partial charge in [-0.2, -0.15) is 0 Å².